The molecule has 0 N–H and O–H groups in total. The molecule has 1 aromatic heterocycles. The van der Waals surface area contributed by atoms with Crippen LogP contribution in [0.5, 0.6) is 0 Å². The summed E-state index contributed by atoms with van der Waals surface area (Å²) in [5.41, 5.74) is 2.74. The zero-order valence-electron chi connectivity index (χ0n) is 11.4. The SMILES string of the molecule is C[C@H]1c2cc(Cl)c(Cl)cc2CCN1C(=O)c1ccnnc1. The first-order valence-electron chi connectivity index (χ1n) is 6.63. The van der Waals surface area contributed by atoms with Crippen LogP contribution in [0.15, 0.2) is 30.6 Å². The molecule has 1 atom stereocenters. The van der Waals surface area contributed by atoms with Gasteiger partial charge in [0.05, 0.1) is 34.0 Å². The summed E-state index contributed by atoms with van der Waals surface area (Å²) in [6.45, 7) is 2.64. The summed E-state index contributed by atoms with van der Waals surface area (Å²) in [6, 6.07) is 5.37. The molecule has 0 bridgehead atoms. The Labute approximate surface area is 132 Å². The van der Waals surface area contributed by atoms with Gasteiger partial charge in [0.2, 0.25) is 0 Å². The number of hydrogen-bond donors (Lipinski definition) is 0. The molecule has 0 saturated carbocycles. The molecule has 4 nitrogen and oxygen atoms in total. The van der Waals surface area contributed by atoms with Gasteiger partial charge in [0.1, 0.15) is 0 Å². The number of amides is 1. The Balaban J connectivity index is 1.94. The van der Waals surface area contributed by atoms with Crippen molar-refractivity contribution >= 4 is 29.1 Å². The third-order valence-electron chi connectivity index (χ3n) is 3.81. The number of halogens is 2. The average molecular weight is 322 g/mol. The molecule has 21 heavy (non-hydrogen) atoms. The van der Waals surface area contributed by atoms with Gasteiger partial charge in [-0.2, -0.15) is 10.2 Å². The zero-order chi connectivity index (χ0) is 15.0. The second-order valence-electron chi connectivity index (χ2n) is 5.02. The molecule has 3 rings (SSSR count). The summed E-state index contributed by atoms with van der Waals surface area (Å²) in [5.74, 6) is -0.0471. The van der Waals surface area contributed by atoms with Gasteiger partial charge in [0, 0.05) is 6.54 Å². The predicted molar refractivity (Wildman–Crippen MR) is 81.6 cm³/mol. The third-order valence-corrected chi connectivity index (χ3v) is 4.54. The monoisotopic (exact) mass is 321 g/mol. The lowest BCUT2D eigenvalue weighted by atomic mass is 9.93. The molecule has 0 fully saturated rings. The number of aromatic nitrogens is 2. The fourth-order valence-electron chi connectivity index (χ4n) is 2.67. The standard InChI is InChI=1S/C15H13Cl2N3O/c1-9-12-7-14(17)13(16)6-10(12)3-5-20(9)15(21)11-2-4-18-19-8-11/h2,4,6-9H,3,5H2,1H3/t9-/m0/s1. The summed E-state index contributed by atoms with van der Waals surface area (Å²) in [6.07, 6.45) is 3.77. The zero-order valence-corrected chi connectivity index (χ0v) is 12.9. The van der Waals surface area contributed by atoms with E-state index in [1.54, 1.807) is 6.07 Å². The highest BCUT2D eigenvalue weighted by Crippen LogP contribution is 2.35. The second-order valence-corrected chi connectivity index (χ2v) is 5.84. The molecule has 1 aromatic carbocycles. The van der Waals surface area contributed by atoms with Crippen molar-refractivity contribution in [1.82, 2.24) is 15.1 Å². The van der Waals surface area contributed by atoms with Gasteiger partial charge >= 0.3 is 0 Å². The Morgan fingerprint density at radius 2 is 2.05 bits per heavy atom. The van der Waals surface area contributed by atoms with E-state index in [9.17, 15) is 4.79 Å². The first-order chi connectivity index (χ1) is 10.1. The van der Waals surface area contributed by atoms with E-state index >= 15 is 0 Å². The molecule has 108 valence electrons. The number of carbonyl (C=O) groups excluding carboxylic acids is 1. The summed E-state index contributed by atoms with van der Waals surface area (Å²) in [4.78, 5) is 14.4. The van der Waals surface area contributed by atoms with E-state index in [0.717, 1.165) is 17.5 Å². The van der Waals surface area contributed by atoms with Crippen LogP contribution in [0.2, 0.25) is 10.0 Å². The molecule has 2 aromatic rings. The molecule has 0 unspecified atom stereocenters. The van der Waals surface area contributed by atoms with Gasteiger partial charge in [-0.15, -0.1) is 0 Å². The van der Waals surface area contributed by atoms with Crippen LogP contribution < -0.4 is 0 Å². The van der Waals surface area contributed by atoms with E-state index in [0.29, 0.717) is 22.2 Å². The van der Waals surface area contributed by atoms with Crippen LogP contribution in [0.1, 0.15) is 34.5 Å². The van der Waals surface area contributed by atoms with Crippen molar-refractivity contribution in [3.63, 3.8) is 0 Å². The Hall–Kier alpha value is -1.65. The van der Waals surface area contributed by atoms with Crippen LogP contribution in [-0.4, -0.2) is 27.5 Å². The highest BCUT2D eigenvalue weighted by Gasteiger charge is 2.29. The number of hydrogen-bond acceptors (Lipinski definition) is 3. The van der Waals surface area contributed by atoms with E-state index in [-0.39, 0.29) is 11.9 Å². The molecule has 1 aliphatic rings. The lowest BCUT2D eigenvalue weighted by Crippen LogP contribution is -2.38. The Bertz CT molecular complexity index is 691. The number of benzene rings is 1. The van der Waals surface area contributed by atoms with E-state index < -0.39 is 0 Å². The van der Waals surface area contributed by atoms with E-state index in [2.05, 4.69) is 10.2 Å². The van der Waals surface area contributed by atoms with Gasteiger partial charge in [0.15, 0.2) is 0 Å². The van der Waals surface area contributed by atoms with Gasteiger partial charge in [-0.3, -0.25) is 4.79 Å². The molecular formula is C15H13Cl2N3O. The molecule has 0 saturated heterocycles. The van der Waals surface area contributed by atoms with Crippen molar-refractivity contribution < 1.29 is 4.79 Å². The normalized spacial score (nSPS) is 17.5. The first-order valence-corrected chi connectivity index (χ1v) is 7.39. The smallest absolute Gasteiger partial charge is 0.256 e. The third kappa shape index (κ3) is 2.61. The van der Waals surface area contributed by atoms with Gasteiger partial charge in [0.25, 0.3) is 5.91 Å². The van der Waals surface area contributed by atoms with Gasteiger partial charge in [-0.25, -0.2) is 0 Å². The lowest BCUT2D eigenvalue weighted by molar-refractivity contribution is 0.0677. The highest BCUT2D eigenvalue weighted by molar-refractivity contribution is 6.42. The molecule has 0 spiro atoms. The Morgan fingerprint density at radius 1 is 1.29 bits per heavy atom. The number of carbonyl (C=O) groups is 1. The molecule has 6 heteroatoms. The van der Waals surface area contributed by atoms with Crippen LogP contribution in [0.25, 0.3) is 0 Å². The van der Waals surface area contributed by atoms with E-state index in [4.69, 9.17) is 23.2 Å². The minimum atomic E-state index is -0.0517. The molecule has 0 radical (unpaired) electrons. The molecule has 1 amide bonds. The number of nitrogens with zero attached hydrogens (tertiary/aromatic N) is 3. The minimum absolute atomic E-state index is 0.0471. The molecular weight excluding hydrogens is 309 g/mol. The van der Waals surface area contributed by atoms with E-state index in [1.165, 1.54) is 12.4 Å². The summed E-state index contributed by atoms with van der Waals surface area (Å²) in [7, 11) is 0. The van der Waals surface area contributed by atoms with Crippen LogP contribution in [0.4, 0.5) is 0 Å². The topological polar surface area (TPSA) is 46.1 Å². The Kier molecular flexibility index (Phi) is 3.83. The number of fused-ring (bicyclic) bond motifs is 1. The van der Waals surface area contributed by atoms with E-state index in [1.807, 2.05) is 24.0 Å². The maximum atomic E-state index is 12.6. The largest absolute Gasteiger partial charge is 0.331 e. The summed E-state index contributed by atoms with van der Waals surface area (Å²) < 4.78 is 0. The van der Waals surface area contributed by atoms with Crippen LogP contribution in [-0.2, 0) is 6.42 Å². The number of rotatable bonds is 1. The van der Waals surface area contributed by atoms with Crippen LogP contribution >= 0.6 is 23.2 Å². The van der Waals surface area contributed by atoms with Crippen molar-refractivity contribution in [3.8, 4) is 0 Å². The first kappa shape index (κ1) is 14.3. The van der Waals surface area contributed by atoms with Crippen molar-refractivity contribution in [3.05, 3.63) is 57.3 Å². The maximum Gasteiger partial charge on any atom is 0.256 e. The predicted octanol–water partition coefficient (Wildman–Crippen LogP) is 3.54. The van der Waals surface area contributed by atoms with Gasteiger partial charge in [-0.1, -0.05) is 23.2 Å². The maximum absolute atomic E-state index is 12.6. The quantitative estimate of drug-likeness (QED) is 0.807. The van der Waals surface area contributed by atoms with Crippen LogP contribution in [0, 0.1) is 0 Å². The fraction of sp³-hybridized carbons (Fsp3) is 0.267. The average Bonchev–Trinajstić information content (AvgIpc) is 2.50. The van der Waals surface area contributed by atoms with Crippen LogP contribution in [0.3, 0.4) is 0 Å². The van der Waals surface area contributed by atoms with Gasteiger partial charge < -0.3 is 4.90 Å². The van der Waals surface area contributed by atoms with Crippen molar-refractivity contribution in [2.75, 3.05) is 6.54 Å². The molecule has 0 aliphatic carbocycles. The summed E-state index contributed by atoms with van der Waals surface area (Å²) >= 11 is 12.2. The van der Waals surface area contributed by atoms with Crippen molar-refractivity contribution in [2.24, 2.45) is 0 Å². The van der Waals surface area contributed by atoms with Crippen molar-refractivity contribution in [1.29, 1.82) is 0 Å². The summed E-state index contributed by atoms with van der Waals surface area (Å²) in [5, 5.41) is 8.53. The molecule has 1 aliphatic heterocycles. The van der Waals surface area contributed by atoms with Crippen molar-refractivity contribution in [2.45, 2.75) is 19.4 Å². The lowest BCUT2D eigenvalue weighted by Gasteiger charge is -2.35. The molecule has 2 heterocycles. The Morgan fingerprint density at radius 3 is 2.76 bits per heavy atom. The minimum Gasteiger partial charge on any atom is -0.331 e. The fourth-order valence-corrected chi connectivity index (χ4v) is 3.03. The van der Waals surface area contributed by atoms with Gasteiger partial charge in [-0.05, 0) is 42.7 Å². The second kappa shape index (κ2) is 5.62. The highest BCUT2D eigenvalue weighted by atomic mass is 35.5.